The highest BCUT2D eigenvalue weighted by Crippen LogP contribution is 2.35. The second-order valence-corrected chi connectivity index (χ2v) is 7.63. The zero-order valence-electron chi connectivity index (χ0n) is 16.8. The standard InChI is InChI=1S/C21H20F5N5/c1-11(15-4-3-5-17(18(15)23)21(24,25)26)28-20-16-8-14(31-7-6-13(22)10-31)9-27-19(16)12(2)29-30-20/h3-5,8-9,11,13H,6-7,10H2,1-2H3,(H,28,30)/t11-,13-/m1/s1. The van der Waals surface area contributed by atoms with Crippen molar-refractivity contribution < 1.29 is 22.0 Å². The maximum atomic E-state index is 14.6. The number of alkyl halides is 4. The maximum Gasteiger partial charge on any atom is 0.419 e. The summed E-state index contributed by atoms with van der Waals surface area (Å²) in [7, 11) is 0. The van der Waals surface area contributed by atoms with E-state index in [9.17, 15) is 22.0 Å². The molecular formula is C21H20F5N5. The Kier molecular flexibility index (Phi) is 5.40. The van der Waals surface area contributed by atoms with E-state index in [-0.39, 0.29) is 17.9 Å². The van der Waals surface area contributed by atoms with Crippen LogP contribution in [0, 0.1) is 12.7 Å². The first-order valence-electron chi connectivity index (χ1n) is 9.79. The summed E-state index contributed by atoms with van der Waals surface area (Å²) in [6, 6.07) is 4.13. The molecule has 1 aromatic carbocycles. The number of aromatic nitrogens is 3. The molecule has 1 aliphatic heterocycles. The summed E-state index contributed by atoms with van der Waals surface area (Å²) in [5.74, 6) is -1.07. The van der Waals surface area contributed by atoms with Gasteiger partial charge in [-0.05, 0) is 32.4 Å². The van der Waals surface area contributed by atoms with Crippen LogP contribution in [-0.4, -0.2) is 34.4 Å². The van der Waals surface area contributed by atoms with Crippen molar-refractivity contribution in [2.75, 3.05) is 23.3 Å². The molecule has 10 heteroatoms. The van der Waals surface area contributed by atoms with Crippen molar-refractivity contribution in [2.24, 2.45) is 0 Å². The summed E-state index contributed by atoms with van der Waals surface area (Å²) in [6.45, 7) is 4.09. The number of fused-ring (bicyclic) bond motifs is 1. The minimum atomic E-state index is -4.79. The lowest BCUT2D eigenvalue weighted by Gasteiger charge is -2.20. The van der Waals surface area contributed by atoms with Crippen molar-refractivity contribution in [3.8, 4) is 0 Å². The zero-order valence-corrected chi connectivity index (χ0v) is 16.8. The number of benzene rings is 1. The molecule has 164 valence electrons. The van der Waals surface area contributed by atoms with E-state index in [1.165, 1.54) is 19.1 Å². The van der Waals surface area contributed by atoms with Crippen LogP contribution in [0.3, 0.4) is 0 Å². The number of pyridine rings is 1. The molecule has 0 saturated carbocycles. The molecule has 0 unspecified atom stereocenters. The molecule has 4 rings (SSSR count). The predicted molar refractivity (Wildman–Crippen MR) is 107 cm³/mol. The van der Waals surface area contributed by atoms with Crippen LogP contribution < -0.4 is 10.2 Å². The van der Waals surface area contributed by atoms with Gasteiger partial charge in [0.25, 0.3) is 0 Å². The van der Waals surface area contributed by atoms with E-state index in [1.54, 1.807) is 19.2 Å². The van der Waals surface area contributed by atoms with Crippen LogP contribution >= 0.6 is 0 Å². The highest BCUT2D eigenvalue weighted by molar-refractivity contribution is 5.92. The molecule has 0 spiro atoms. The predicted octanol–water partition coefficient (Wildman–Crippen LogP) is 5.21. The van der Waals surface area contributed by atoms with E-state index >= 15 is 0 Å². The van der Waals surface area contributed by atoms with Gasteiger partial charge in [-0.2, -0.15) is 18.3 Å². The first-order valence-corrected chi connectivity index (χ1v) is 9.79. The SMILES string of the molecule is Cc1nnc(N[C@H](C)c2cccc(C(F)(F)F)c2F)c2cc(N3CC[C@@H](F)C3)cnc12. The van der Waals surface area contributed by atoms with Gasteiger partial charge >= 0.3 is 6.18 Å². The largest absolute Gasteiger partial charge is 0.419 e. The molecule has 1 aliphatic rings. The molecule has 0 amide bonds. The van der Waals surface area contributed by atoms with Crippen LogP contribution in [0.1, 0.15) is 36.2 Å². The van der Waals surface area contributed by atoms with Crippen molar-refractivity contribution in [2.45, 2.75) is 38.7 Å². The average Bonchev–Trinajstić information content (AvgIpc) is 3.15. The second-order valence-electron chi connectivity index (χ2n) is 7.63. The smallest absolute Gasteiger partial charge is 0.367 e. The van der Waals surface area contributed by atoms with Crippen molar-refractivity contribution in [1.82, 2.24) is 15.2 Å². The molecule has 0 bridgehead atoms. The van der Waals surface area contributed by atoms with E-state index in [4.69, 9.17) is 0 Å². The van der Waals surface area contributed by atoms with Gasteiger partial charge in [0.2, 0.25) is 0 Å². The van der Waals surface area contributed by atoms with Gasteiger partial charge in [0.15, 0.2) is 5.82 Å². The number of rotatable bonds is 4. The minimum absolute atomic E-state index is 0.144. The molecule has 3 aromatic rings. The van der Waals surface area contributed by atoms with Crippen molar-refractivity contribution >= 4 is 22.4 Å². The Balaban J connectivity index is 1.71. The van der Waals surface area contributed by atoms with Crippen LogP contribution in [0.2, 0.25) is 0 Å². The van der Waals surface area contributed by atoms with Gasteiger partial charge < -0.3 is 10.2 Å². The van der Waals surface area contributed by atoms with Gasteiger partial charge in [-0.15, -0.1) is 5.10 Å². The van der Waals surface area contributed by atoms with Crippen LogP contribution in [0.4, 0.5) is 33.5 Å². The number of hydrogen-bond acceptors (Lipinski definition) is 5. The van der Waals surface area contributed by atoms with E-state index in [2.05, 4.69) is 20.5 Å². The average molecular weight is 437 g/mol. The number of nitrogens with one attached hydrogen (secondary N) is 1. The first-order chi connectivity index (χ1) is 14.6. The lowest BCUT2D eigenvalue weighted by Crippen LogP contribution is -2.20. The summed E-state index contributed by atoms with van der Waals surface area (Å²) in [4.78, 5) is 6.29. The summed E-state index contributed by atoms with van der Waals surface area (Å²) in [6.07, 6.45) is -3.63. The summed E-state index contributed by atoms with van der Waals surface area (Å²) < 4.78 is 67.4. The molecule has 0 radical (unpaired) electrons. The molecule has 3 heterocycles. The fourth-order valence-electron chi connectivity index (χ4n) is 3.77. The minimum Gasteiger partial charge on any atom is -0.367 e. The molecule has 1 fully saturated rings. The molecule has 1 N–H and O–H groups in total. The van der Waals surface area contributed by atoms with Crippen molar-refractivity contribution in [1.29, 1.82) is 0 Å². The first kappa shape index (κ1) is 21.2. The summed E-state index contributed by atoms with van der Waals surface area (Å²) >= 11 is 0. The summed E-state index contributed by atoms with van der Waals surface area (Å²) in [5.41, 5.74) is 0.358. The van der Waals surface area contributed by atoms with Crippen molar-refractivity contribution in [3.05, 3.63) is 53.1 Å². The third-order valence-corrected chi connectivity index (χ3v) is 5.42. The summed E-state index contributed by atoms with van der Waals surface area (Å²) in [5, 5.41) is 11.7. The Morgan fingerprint density at radius 2 is 2.00 bits per heavy atom. The number of halogens is 5. The van der Waals surface area contributed by atoms with Gasteiger partial charge in [0.1, 0.15) is 12.0 Å². The maximum absolute atomic E-state index is 14.6. The van der Waals surface area contributed by atoms with Gasteiger partial charge in [0, 0.05) is 24.0 Å². The zero-order chi connectivity index (χ0) is 22.3. The molecule has 5 nitrogen and oxygen atoms in total. The molecule has 31 heavy (non-hydrogen) atoms. The highest BCUT2D eigenvalue weighted by atomic mass is 19.4. The lowest BCUT2D eigenvalue weighted by atomic mass is 10.0. The quantitative estimate of drug-likeness (QED) is 0.568. The second kappa shape index (κ2) is 7.90. The van der Waals surface area contributed by atoms with Crippen LogP contribution in [-0.2, 0) is 6.18 Å². The van der Waals surface area contributed by atoms with E-state index in [0.29, 0.717) is 41.3 Å². The molecule has 1 saturated heterocycles. The topological polar surface area (TPSA) is 53.9 Å². The number of hydrogen-bond donors (Lipinski definition) is 1. The Hall–Kier alpha value is -3.04. The Morgan fingerprint density at radius 3 is 2.68 bits per heavy atom. The molecule has 2 aromatic heterocycles. The van der Waals surface area contributed by atoms with E-state index in [0.717, 1.165) is 0 Å². The lowest BCUT2D eigenvalue weighted by molar-refractivity contribution is -0.140. The van der Waals surface area contributed by atoms with Crippen LogP contribution in [0.25, 0.3) is 10.9 Å². The third kappa shape index (κ3) is 4.11. The third-order valence-electron chi connectivity index (χ3n) is 5.42. The molecule has 0 aliphatic carbocycles. The Labute approximate surface area is 175 Å². The Morgan fingerprint density at radius 1 is 1.23 bits per heavy atom. The van der Waals surface area contributed by atoms with E-state index < -0.39 is 29.8 Å². The normalized spacial score (nSPS) is 17.9. The fraction of sp³-hybridized carbons (Fsp3) is 0.381. The van der Waals surface area contributed by atoms with Crippen LogP contribution in [0.5, 0.6) is 0 Å². The number of nitrogens with zero attached hydrogens (tertiary/aromatic N) is 4. The fourth-order valence-corrected chi connectivity index (χ4v) is 3.77. The molecular weight excluding hydrogens is 417 g/mol. The monoisotopic (exact) mass is 437 g/mol. The van der Waals surface area contributed by atoms with Crippen LogP contribution in [0.15, 0.2) is 30.5 Å². The van der Waals surface area contributed by atoms with Gasteiger partial charge in [-0.25, -0.2) is 8.78 Å². The van der Waals surface area contributed by atoms with Gasteiger partial charge in [-0.3, -0.25) is 4.98 Å². The van der Waals surface area contributed by atoms with Gasteiger partial charge in [0.05, 0.1) is 34.7 Å². The number of aryl methyl sites for hydroxylation is 1. The number of anilines is 2. The molecule has 2 atom stereocenters. The van der Waals surface area contributed by atoms with Gasteiger partial charge in [-0.1, -0.05) is 12.1 Å². The van der Waals surface area contributed by atoms with Crippen molar-refractivity contribution in [3.63, 3.8) is 0 Å². The Bertz CT molecular complexity index is 1120. The highest BCUT2D eigenvalue weighted by Gasteiger charge is 2.35. The van der Waals surface area contributed by atoms with E-state index in [1.807, 2.05) is 4.90 Å².